The number of rotatable bonds is 5. The Morgan fingerprint density at radius 1 is 1.13 bits per heavy atom. The molecule has 0 saturated heterocycles. The first-order valence-corrected chi connectivity index (χ1v) is 11.7. The first-order chi connectivity index (χ1) is 14.7. The van der Waals surface area contributed by atoms with E-state index in [0.717, 1.165) is 34.7 Å². The molecule has 4 rings (SSSR count). The maximum Gasteiger partial charge on any atom is 0.278 e. The molecule has 3 heterocycles. The molecule has 0 aliphatic carbocycles. The van der Waals surface area contributed by atoms with Crippen LogP contribution >= 0.6 is 34.5 Å². The number of hydrogen-bond acceptors (Lipinski definition) is 5. The molecule has 0 fully saturated rings. The lowest BCUT2D eigenvalue weighted by atomic mass is 9.96. The largest absolute Gasteiger partial charge is 0.332 e. The van der Waals surface area contributed by atoms with Gasteiger partial charge in [0.25, 0.3) is 5.89 Å². The van der Waals surface area contributed by atoms with Gasteiger partial charge in [0, 0.05) is 20.9 Å². The predicted molar refractivity (Wildman–Crippen MR) is 128 cm³/mol. The van der Waals surface area contributed by atoms with Crippen LogP contribution in [0.25, 0.3) is 27.8 Å². The van der Waals surface area contributed by atoms with Gasteiger partial charge in [-0.1, -0.05) is 62.5 Å². The monoisotopic (exact) mass is 474 g/mol. The number of thiophene rings is 1. The van der Waals surface area contributed by atoms with Gasteiger partial charge in [-0.2, -0.15) is 10.1 Å². The Kier molecular flexibility index (Phi) is 5.99. The van der Waals surface area contributed by atoms with E-state index in [2.05, 4.69) is 29.2 Å². The van der Waals surface area contributed by atoms with Gasteiger partial charge in [-0.3, -0.25) is 0 Å². The lowest BCUT2D eigenvalue weighted by molar-refractivity contribution is 0.401. The van der Waals surface area contributed by atoms with Crippen molar-refractivity contribution >= 4 is 34.5 Å². The summed E-state index contributed by atoms with van der Waals surface area (Å²) < 4.78 is 7.46. The summed E-state index contributed by atoms with van der Waals surface area (Å²) in [6.45, 7) is 10.4. The lowest BCUT2D eigenvalue weighted by Crippen LogP contribution is -2.13. The van der Waals surface area contributed by atoms with Crippen LogP contribution in [0.1, 0.15) is 50.4 Å². The Bertz CT molecular complexity index is 1230. The molecule has 0 aliphatic heterocycles. The van der Waals surface area contributed by atoms with E-state index < -0.39 is 0 Å². The van der Waals surface area contributed by atoms with Crippen LogP contribution in [0.5, 0.6) is 0 Å². The van der Waals surface area contributed by atoms with Gasteiger partial charge in [0.1, 0.15) is 0 Å². The zero-order valence-corrected chi connectivity index (χ0v) is 20.5. The van der Waals surface area contributed by atoms with Crippen molar-refractivity contribution in [2.24, 2.45) is 0 Å². The number of halogens is 2. The lowest BCUT2D eigenvalue weighted by Gasteiger charge is -2.10. The highest BCUT2D eigenvalue weighted by molar-refractivity contribution is 7.15. The smallest absolute Gasteiger partial charge is 0.278 e. The average molecular weight is 475 g/mol. The minimum absolute atomic E-state index is 0.219. The van der Waals surface area contributed by atoms with Crippen molar-refractivity contribution in [2.75, 3.05) is 0 Å². The summed E-state index contributed by atoms with van der Waals surface area (Å²) in [4.78, 5) is 7.07. The Balaban J connectivity index is 1.92. The number of aryl methyl sites for hydroxylation is 1. The van der Waals surface area contributed by atoms with Crippen LogP contribution in [0.2, 0.25) is 10.0 Å². The first kappa shape index (κ1) is 22.1. The van der Waals surface area contributed by atoms with Crippen LogP contribution in [-0.4, -0.2) is 19.9 Å². The third-order valence-electron chi connectivity index (χ3n) is 4.95. The van der Waals surface area contributed by atoms with Crippen molar-refractivity contribution < 1.29 is 4.52 Å². The van der Waals surface area contributed by atoms with Gasteiger partial charge in [0.05, 0.1) is 21.3 Å². The molecule has 8 heteroatoms. The molecule has 3 aromatic heterocycles. The molecule has 0 bridgehead atoms. The van der Waals surface area contributed by atoms with E-state index in [0.29, 0.717) is 27.5 Å². The summed E-state index contributed by atoms with van der Waals surface area (Å²) in [7, 11) is 0. The van der Waals surface area contributed by atoms with E-state index >= 15 is 0 Å². The van der Waals surface area contributed by atoms with Crippen molar-refractivity contribution in [1.29, 1.82) is 0 Å². The molecular formula is C23H24Cl2N4OS. The van der Waals surface area contributed by atoms with Crippen LogP contribution in [0, 0.1) is 6.92 Å². The Morgan fingerprint density at radius 3 is 2.55 bits per heavy atom. The van der Waals surface area contributed by atoms with E-state index in [1.165, 1.54) is 4.88 Å². The maximum atomic E-state index is 6.56. The van der Waals surface area contributed by atoms with Gasteiger partial charge in [-0.15, -0.1) is 11.3 Å². The second-order valence-electron chi connectivity index (χ2n) is 8.52. The normalized spacial score (nSPS) is 12.0. The van der Waals surface area contributed by atoms with Gasteiger partial charge in [0.15, 0.2) is 11.5 Å². The van der Waals surface area contributed by atoms with Gasteiger partial charge < -0.3 is 4.52 Å². The first-order valence-electron chi connectivity index (χ1n) is 10.2. The molecule has 0 amide bonds. The number of benzene rings is 1. The third kappa shape index (κ3) is 4.29. The molecule has 0 unspecified atom stereocenters. The topological polar surface area (TPSA) is 56.7 Å². The molecule has 0 atom stereocenters. The van der Waals surface area contributed by atoms with E-state index in [9.17, 15) is 0 Å². The van der Waals surface area contributed by atoms with Crippen molar-refractivity contribution in [3.63, 3.8) is 0 Å². The molecule has 1 aromatic carbocycles. The van der Waals surface area contributed by atoms with Gasteiger partial charge >= 0.3 is 0 Å². The standard InChI is InChI=1S/C23H24Cl2N4OS/c1-6-7-15-9-11-18(31-15)20-13(2)19(21-26-22(28-30-21)23(3,4)5)27-29(20)17-10-8-14(24)12-16(17)25/h8-12H,6-7H2,1-5H3. The quantitative estimate of drug-likeness (QED) is 0.300. The SMILES string of the molecule is CCCc1ccc(-c2c(C)c(-c3nc(C(C)(C)C)no3)nn2-c2ccc(Cl)cc2Cl)s1. The van der Waals surface area contributed by atoms with Crippen LogP contribution in [0.15, 0.2) is 34.9 Å². The Labute approximate surface area is 196 Å². The van der Waals surface area contributed by atoms with E-state index in [1.54, 1.807) is 17.4 Å². The zero-order chi connectivity index (χ0) is 22.3. The third-order valence-corrected chi connectivity index (χ3v) is 6.64. The molecule has 5 nitrogen and oxygen atoms in total. The maximum absolute atomic E-state index is 6.56. The zero-order valence-electron chi connectivity index (χ0n) is 18.2. The van der Waals surface area contributed by atoms with Gasteiger partial charge in [0.2, 0.25) is 0 Å². The predicted octanol–water partition coefficient (Wildman–Crippen LogP) is 7.52. The molecule has 0 spiro atoms. The second-order valence-corrected chi connectivity index (χ2v) is 10.5. The van der Waals surface area contributed by atoms with Crippen molar-refractivity contribution in [3.8, 4) is 27.8 Å². The van der Waals surface area contributed by atoms with Crippen molar-refractivity contribution in [1.82, 2.24) is 19.9 Å². The van der Waals surface area contributed by atoms with Crippen LogP contribution < -0.4 is 0 Å². The van der Waals surface area contributed by atoms with Gasteiger partial charge in [-0.25, -0.2) is 4.68 Å². The minimum Gasteiger partial charge on any atom is -0.332 e. The number of nitrogens with zero attached hydrogens (tertiary/aromatic N) is 4. The van der Waals surface area contributed by atoms with Crippen LogP contribution in [-0.2, 0) is 11.8 Å². The van der Waals surface area contributed by atoms with Crippen LogP contribution in [0.4, 0.5) is 0 Å². The summed E-state index contributed by atoms with van der Waals surface area (Å²) >= 11 is 14.5. The summed E-state index contributed by atoms with van der Waals surface area (Å²) in [5.41, 5.74) is 3.09. The molecule has 31 heavy (non-hydrogen) atoms. The number of aromatic nitrogens is 4. The van der Waals surface area contributed by atoms with E-state index in [4.69, 9.17) is 32.8 Å². The minimum atomic E-state index is -0.219. The van der Waals surface area contributed by atoms with Crippen molar-refractivity contribution in [2.45, 2.75) is 52.9 Å². The fraction of sp³-hybridized carbons (Fsp3) is 0.348. The summed E-state index contributed by atoms with van der Waals surface area (Å²) in [6, 6.07) is 9.72. The van der Waals surface area contributed by atoms with Crippen LogP contribution in [0.3, 0.4) is 0 Å². The molecule has 4 aromatic rings. The molecular weight excluding hydrogens is 451 g/mol. The average Bonchev–Trinajstić information content (AvgIpc) is 3.40. The Hall–Kier alpha value is -2.15. The highest BCUT2D eigenvalue weighted by atomic mass is 35.5. The van der Waals surface area contributed by atoms with E-state index in [-0.39, 0.29) is 5.41 Å². The molecule has 0 aliphatic rings. The number of hydrogen-bond donors (Lipinski definition) is 0. The molecule has 0 radical (unpaired) electrons. The van der Waals surface area contributed by atoms with E-state index in [1.807, 2.05) is 44.5 Å². The molecule has 0 N–H and O–H groups in total. The second kappa shape index (κ2) is 8.41. The summed E-state index contributed by atoms with van der Waals surface area (Å²) in [6.07, 6.45) is 2.15. The highest BCUT2D eigenvalue weighted by Gasteiger charge is 2.27. The molecule has 162 valence electrons. The highest BCUT2D eigenvalue weighted by Crippen LogP contribution is 2.39. The fourth-order valence-electron chi connectivity index (χ4n) is 3.33. The van der Waals surface area contributed by atoms with Gasteiger partial charge in [-0.05, 0) is 43.7 Å². The Morgan fingerprint density at radius 2 is 1.90 bits per heavy atom. The molecule has 0 saturated carbocycles. The summed E-state index contributed by atoms with van der Waals surface area (Å²) in [5, 5.41) is 10.1. The fourth-order valence-corrected chi connectivity index (χ4v) is 5.01. The van der Waals surface area contributed by atoms with Crippen molar-refractivity contribution in [3.05, 3.63) is 56.6 Å². The summed E-state index contributed by atoms with van der Waals surface area (Å²) in [5.74, 6) is 1.04.